The van der Waals surface area contributed by atoms with Gasteiger partial charge in [-0.15, -0.1) is 10.2 Å². The van der Waals surface area contributed by atoms with Gasteiger partial charge in [0.05, 0.1) is 5.56 Å². The van der Waals surface area contributed by atoms with Gasteiger partial charge >= 0.3 is 5.97 Å². The van der Waals surface area contributed by atoms with Crippen LogP contribution in [-0.2, 0) is 0 Å². The minimum atomic E-state index is -0.447. The van der Waals surface area contributed by atoms with E-state index in [2.05, 4.69) is 10.2 Å². The van der Waals surface area contributed by atoms with E-state index in [0.29, 0.717) is 22.2 Å². The quantitative estimate of drug-likeness (QED) is 0.546. The molecule has 0 radical (unpaired) electrons. The van der Waals surface area contributed by atoms with Crippen LogP contribution in [0.25, 0.3) is 11.5 Å². The Hall–Kier alpha value is -2.66. The van der Waals surface area contributed by atoms with Crippen molar-refractivity contribution >= 4 is 17.6 Å². The van der Waals surface area contributed by atoms with Crippen LogP contribution in [0.3, 0.4) is 0 Å². The predicted octanol–water partition coefficient (Wildman–Crippen LogP) is 3.61. The molecule has 0 fully saturated rings. The summed E-state index contributed by atoms with van der Waals surface area (Å²) in [6.07, 6.45) is 1.25. The standard InChI is InChI=1S/C15H9ClN2O3/c16-12-5-1-11(2-6-12)15(19)21-13-7-3-10(4-8-13)14-18-17-9-20-14/h1-9H. The van der Waals surface area contributed by atoms with Crippen LogP contribution in [-0.4, -0.2) is 16.2 Å². The smallest absolute Gasteiger partial charge is 0.343 e. The lowest BCUT2D eigenvalue weighted by Gasteiger charge is -2.04. The molecular formula is C15H9ClN2O3. The van der Waals surface area contributed by atoms with E-state index in [-0.39, 0.29) is 0 Å². The van der Waals surface area contributed by atoms with Gasteiger partial charge in [0.25, 0.3) is 0 Å². The first-order valence-corrected chi connectivity index (χ1v) is 6.44. The fraction of sp³-hybridized carbons (Fsp3) is 0. The molecule has 5 nitrogen and oxygen atoms in total. The van der Waals surface area contributed by atoms with Gasteiger partial charge in [0.2, 0.25) is 12.3 Å². The van der Waals surface area contributed by atoms with E-state index < -0.39 is 5.97 Å². The van der Waals surface area contributed by atoms with E-state index >= 15 is 0 Å². The van der Waals surface area contributed by atoms with Crippen LogP contribution in [0.2, 0.25) is 5.02 Å². The number of rotatable bonds is 3. The maximum Gasteiger partial charge on any atom is 0.343 e. The van der Waals surface area contributed by atoms with Crippen LogP contribution in [0.15, 0.2) is 59.3 Å². The highest BCUT2D eigenvalue weighted by Gasteiger charge is 2.09. The zero-order valence-corrected chi connectivity index (χ0v) is 11.4. The van der Waals surface area contributed by atoms with Crippen LogP contribution in [0.5, 0.6) is 5.75 Å². The molecule has 0 bridgehead atoms. The lowest BCUT2D eigenvalue weighted by Crippen LogP contribution is -2.08. The van der Waals surface area contributed by atoms with E-state index in [1.165, 1.54) is 6.39 Å². The highest BCUT2D eigenvalue weighted by atomic mass is 35.5. The minimum Gasteiger partial charge on any atom is -0.423 e. The number of aromatic nitrogens is 2. The van der Waals surface area contributed by atoms with Crippen LogP contribution in [0.4, 0.5) is 0 Å². The van der Waals surface area contributed by atoms with Crippen molar-refractivity contribution in [3.63, 3.8) is 0 Å². The maximum absolute atomic E-state index is 11.9. The molecule has 0 aliphatic carbocycles. The summed E-state index contributed by atoms with van der Waals surface area (Å²) in [6.45, 7) is 0. The number of hydrogen-bond acceptors (Lipinski definition) is 5. The second kappa shape index (κ2) is 5.76. The van der Waals surface area contributed by atoms with Gasteiger partial charge in [0.15, 0.2) is 0 Å². The third-order valence-corrected chi connectivity index (χ3v) is 3.00. The molecule has 6 heteroatoms. The Morgan fingerprint density at radius 2 is 1.76 bits per heavy atom. The molecule has 104 valence electrons. The molecular weight excluding hydrogens is 292 g/mol. The molecule has 1 aromatic heterocycles. The van der Waals surface area contributed by atoms with Crippen molar-refractivity contribution in [3.05, 3.63) is 65.5 Å². The van der Waals surface area contributed by atoms with Crippen LogP contribution in [0.1, 0.15) is 10.4 Å². The van der Waals surface area contributed by atoms with Crippen molar-refractivity contribution in [2.24, 2.45) is 0 Å². The van der Waals surface area contributed by atoms with Crippen LogP contribution >= 0.6 is 11.6 Å². The van der Waals surface area contributed by atoms with Crippen molar-refractivity contribution in [1.82, 2.24) is 10.2 Å². The molecule has 0 amide bonds. The van der Waals surface area contributed by atoms with Gasteiger partial charge in [0.1, 0.15) is 5.75 Å². The summed E-state index contributed by atoms with van der Waals surface area (Å²) in [5.41, 5.74) is 1.18. The van der Waals surface area contributed by atoms with Crippen LogP contribution in [0, 0.1) is 0 Å². The van der Waals surface area contributed by atoms with Gasteiger partial charge in [-0.1, -0.05) is 11.6 Å². The maximum atomic E-state index is 11.9. The number of hydrogen-bond donors (Lipinski definition) is 0. The Balaban J connectivity index is 1.73. The summed E-state index contributed by atoms with van der Waals surface area (Å²) >= 11 is 5.77. The SMILES string of the molecule is O=C(Oc1ccc(-c2nnco2)cc1)c1ccc(Cl)cc1. The van der Waals surface area contributed by atoms with E-state index in [1.54, 1.807) is 48.5 Å². The molecule has 0 atom stereocenters. The summed E-state index contributed by atoms with van der Waals surface area (Å²) < 4.78 is 10.3. The number of ether oxygens (including phenoxy) is 1. The highest BCUT2D eigenvalue weighted by molar-refractivity contribution is 6.30. The number of halogens is 1. The summed E-state index contributed by atoms with van der Waals surface area (Å²) in [4.78, 5) is 11.9. The summed E-state index contributed by atoms with van der Waals surface area (Å²) in [5, 5.41) is 7.96. The van der Waals surface area contributed by atoms with Gasteiger partial charge < -0.3 is 9.15 Å². The monoisotopic (exact) mass is 300 g/mol. The van der Waals surface area contributed by atoms with Crippen molar-refractivity contribution in [2.45, 2.75) is 0 Å². The fourth-order valence-corrected chi connectivity index (χ4v) is 1.84. The molecule has 2 aromatic carbocycles. The van der Waals surface area contributed by atoms with Crippen molar-refractivity contribution in [1.29, 1.82) is 0 Å². The number of carbonyl (C=O) groups is 1. The molecule has 21 heavy (non-hydrogen) atoms. The third kappa shape index (κ3) is 3.09. The summed E-state index contributed by atoms with van der Waals surface area (Å²) in [7, 11) is 0. The molecule has 0 saturated heterocycles. The molecule has 0 spiro atoms. The third-order valence-electron chi connectivity index (χ3n) is 2.75. The Morgan fingerprint density at radius 3 is 2.38 bits per heavy atom. The lowest BCUT2D eigenvalue weighted by atomic mass is 10.2. The highest BCUT2D eigenvalue weighted by Crippen LogP contribution is 2.21. The van der Waals surface area contributed by atoms with Crippen molar-refractivity contribution in [3.8, 4) is 17.2 Å². The molecule has 3 rings (SSSR count). The van der Waals surface area contributed by atoms with Crippen molar-refractivity contribution < 1.29 is 13.9 Å². The Kier molecular flexibility index (Phi) is 3.66. The van der Waals surface area contributed by atoms with Gasteiger partial charge in [-0.2, -0.15) is 0 Å². The summed E-state index contributed by atoms with van der Waals surface area (Å²) in [5.74, 6) is 0.390. The van der Waals surface area contributed by atoms with Gasteiger partial charge in [-0.25, -0.2) is 4.79 Å². The average molecular weight is 301 g/mol. The Labute approximate surface area is 125 Å². The molecule has 3 aromatic rings. The molecule has 0 N–H and O–H groups in total. The van der Waals surface area contributed by atoms with Crippen molar-refractivity contribution in [2.75, 3.05) is 0 Å². The largest absolute Gasteiger partial charge is 0.423 e. The lowest BCUT2D eigenvalue weighted by molar-refractivity contribution is 0.0735. The van der Waals surface area contributed by atoms with Gasteiger partial charge in [-0.05, 0) is 48.5 Å². The van der Waals surface area contributed by atoms with Gasteiger partial charge in [-0.3, -0.25) is 0 Å². The van der Waals surface area contributed by atoms with Gasteiger partial charge in [0, 0.05) is 10.6 Å². The first-order valence-electron chi connectivity index (χ1n) is 6.07. The Bertz CT molecular complexity index is 738. The van der Waals surface area contributed by atoms with Crippen LogP contribution < -0.4 is 4.74 Å². The Morgan fingerprint density at radius 1 is 1.05 bits per heavy atom. The number of nitrogens with zero attached hydrogens (tertiary/aromatic N) is 2. The molecule has 0 aliphatic rings. The normalized spacial score (nSPS) is 10.3. The molecule has 0 saturated carbocycles. The summed E-state index contributed by atoms with van der Waals surface area (Å²) in [6, 6.07) is 13.3. The zero-order valence-electron chi connectivity index (χ0n) is 10.7. The first kappa shape index (κ1) is 13.3. The number of benzene rings is 2. The first-order chi connectivity index (χ1) is 10.2. The zero-order chi connectivity index (χ0) is 14.7. The van der Waals surface area contributed by atoms with E-state index in [4.69, 9.17) is 20.8 Å². The van der Waals surface area contributed by atoms with E-state index in [0.717, 1.165) is 5.56 Å². The molecule has 0 aliphatic heterocycles. The second-order valence-electron chi connectivity index (χ2n) is 4.16. The second-order valence-corrected chi connectivity index (χ2v) is 4.60. The topological polar surface area (TPSA) is 65.2 Å². The minimum absolute atomic E-state index is 0.408. The van der Waals surface area contributed by atoms with E-state index in [1.807, 2.05) is 0 Å². The average Bonchev–Trinajstić information content (AvgIpc) is 3.03. The molecule has 0 unspecified atom stereocenters. The predicted molar refractivity (Wildman–Crippen MR) is 76.1 cm³/mol. The number of esters is 1. The number of carbonyl (C=O) groups excluding carboxylic acids is 1. The molecule has 1 heterocycles. The van der Waals surface area contributed by atoms with E-state index in [9.17, 15) is 4.79 Å². The fourth-order valence-electron chi connectivity index (χ4n) is 1.72.